The zero-order valence-corrected chi connectivity index (χ0v) is 17.5. The molecule has 0 bridgehead atoms. The summed E-state index contributed by atoms with van der Waals surface area (Å²) < 4.78 is 26.1. The molecule has 0 aliphatic carbocycles. The Morgan fingerprint density at radius 2 is 1.58 bits per heavy atom. The molecule has 1 amide bonds. The normalized spacial score (nSPS) is 10.9. The van der Waals surface area contributed by atoms with Crippen molar-refractivity contribution in [2.45, 2.75) is 18.8 Å². The van der Waals surface area contributed by atoms with Gasteiger partial charge < -0.3 is 9.88 Å². The Morgan fingerprint density at radius 3 is 2.23 bits per heavy atom. The molecule has 3 rings (SSSR count). The minimum atomic E-state index is -3.63. The van der Waals surface area contributed by atoms with Gasteiger partial charge in [-0.05, 0) is 34.9 Å². The molecule has 0 saturated carbocycles. The van der Waals surface area contributed by atoms with Gasteiger partial charge in [0.25, 0.3) is 5.56 Å². The highest BCUT2D eigenvalue weighted by Gasteiger charge is 2.17. The number of benzene rings is 2. The fourth-order valence-corrected chi connectivity index (χ4v) is 4.29. The lowest BCUT2D eigenvalue weighted by Gasteiger charge is -2.09. The summed E-state index contributed by atoms with van der Waals surface area (Å²) in [6, 6.07) is 20.6. The van der Waals surface area contributed by atoms with E-state index in [9.17, 15) is 18.0 Å². The highest BCUT2D eigenvalue weighted by Crippen LogP contribution is 2.09. The molecular formula is C23H21N3O4S. The summed E-state index contributed by atoms with van der Waals surface area (Å²) in [5.41, 5.74) is 2.65. The SMILES string of the molecule is N#Cc1ccc(CS(=O)(=O)CC(=O)NCc2ccc(Cn3ccccc3=O)cc2)cc1. The van der Waals surface area contributed by atoms with Crippen LogP contribution in [0.3, 0.4) is 0 Å². The third kappa shape index (κ3) is 6.66. The number of nitrogens with one attached hydrogen (secondary N) is 1. The molecule has 1 heterocycles. The van der Waals surface area contributed by atoms with Crippen LogP contribution < -0.4 is 10.9 Å². The van der Waals surface area contributed by atoms with Crippen LogP contribution in [0, 0.1) is 11.3 Å². The molecule has 3 aromatic rings. The van der Waals surface area contributed by atoms with Crippen LogP contribution >= 0.6 is 0 Å². The molecule has 0 aliphatic rings. The van der Waals surface area contributed by atoms with Crippen molar-refractivity contribution in [1.29, 1.82) is 5.26 Å². The number of hydrogen-bond acceptors (Lipinski definition) is 5. The average Bonchev–Trinajstić information content (AvgIpc) is 2.75. The molecule has 0 unspecified atom stereocenters. The molecule has 0 fully saturated rings. The number of nitriles is 1. The highest BCUT2D eigenvalue weighted by molar-refractivity contribution is 7.91. The first-order valence-electron chi connectivity index (χ1n) is 9.54. The Bertz CT molecular complexity index is 1260. The van der Waals surface area contributed by atoms with Crippen molar-refractivity contribution < 1.29 is 13.2 Å². The Balaban J connectivity index is 1.51. The standard InChI is InChI=1S/C23H21N3O4S/c24-13-18-4-10-21(11-5-18)16-31(29,30)17-22(27)25-14-19-6-8-20(9-7-19)15-26-12-2-1-3-23(26)28/h1-12H,14-17H2,(H,25,27). The molecule has 158 valence electrons. The maximum Gasteiger partial charge on any atom is 0.250 e. The second-order valence-electron chi connectivity index (χ2n) is 7.10. The first kappa shape index (κ1) is 22.0. The first-order chi connectivity index (χ1) is 14.8. The van der Waals surface area contributed by atoms with E-state index in [2.05, 4.69) is 5.32 Å². The first-order valence-corrected chi connectivity index (χ1v) is 11.4. The summed E-state index contributed by atoms with van der Waals surface area (Å²) in [7, 11) is -3.63. The molecule has 31 heavy (non-hydrogen) atoms. The monoisotopic (exact) mass is 435 g/mol. The molecule has 1 N–H and O–H groups in total. The minimum absolute atomic E-state index is 0.0824. The van der Waals surface area contributed by atoms with Crippen LogP contribution in [0.15, 0.2) is 77.7 Å². The van der Waals surface area contributed by atoms with Crippen molar-refractivity contribution in [3.8, 4) is 6.07 Å². The topological polar surface area (TPSA) is 109 Å². The highest BCUT2D eigenvalue weighted by atomic mass is 32.2. The molecule has 0 radical (unpaired) electrons. The number of amides is 1. The Hall–Kier alpha value is -3.70. The van der Waals surface area contributed by atoms with Crippen molar-refractivity contribution >= 4 is 15.7 Å². The number of carbonyl (C=O) groups is 1. The lowest BCUT2D eigenvalue weighted by atomic mass is 10.1. The van der Waals surface area contributed by atoms with Gasteiger partial charge in [0.05, 0.1) is 23.9 Å². The van der Waals surface area contributed by atoms with Gasteiger partial charge in [-0.25, -0.2) is 8.42 Å². The van der Waals surface area contributed by atoms with Gasteiger partial charge in [0.15, 0.2) is 9.84 Å². The maximum absolute atomic E-state index is 12.3. The quantitative estimate of drug-likeness (QED) is 0.582. The molecular weight excluding hydrogens is 414 g/mol. The zero-order valence-electron chi connectivity index (χ0n) is 16.7. The molecule has 0 spiro atoms. The summed E-state index contributed by atoms with van der Waals surface area (Å²) in [6.07, 6.45) is 1.72. The van der Waals surface area contributed by atoms with Crippen LogP contribution in [-0.4, -0.2) is 24.6 Å². The number of rotatable bonds is 8. The number of pyridine rings is 1. The van der Waals surface area contributed by atoms with E-state index in [1.807, 2.05) is 30.3 Å². The number of hydrogen-bond donors (Lipinski definition) is 1. The van der Waals surface area contributed by atoms with Crippen LogP contribution in [0.1, 0.15) is 22.3 Å². The number of sulfone groups is 1. The van der Waals surface area contributed by atoms with Crippen LogP contribution in [0.2, 0.25) is 0 Å². The summed E-state index contributed by atoms with van der Waals surface area (Å²) in [5.74, 6) is -1.45. The molecule has 0 aliphatic heterocycles. The smallest absolute Gasteiger partial charge is 0.250 e. The molecule has 7 nitrogen and oxygen atoms in total. The van der Waals surface area contributed by atoms with Crippen molar-refractivity contribution in [2.75, 3.05) is 5.75 Å². The Labute approximate surface area is 180 Å². The van der Waals surface area contributed by atoms with Gasteiger partial charge in [0.2, 0.25) is 5.91 Å². The van der Waals surface area contributed by atoms with Crippen molar-refractivity contribution in [2.24, 2.45) is 0 Å². The summed E-state index contributed by atoms with van der Waals surface area (Å²) in [6.45, 7) is 0.649. The number of nitrogens with zero attached hydrogens (tertiary/aromatic N) is 2. The average molecular weight is 436 g/mol. The van der Waals surface area contributed by atoms with Gasteiger partial charge in [-0.1, -0.05) is 42.5 Å². The van der Waals surface area contributed by atoms with Crippen LogP contribution in [0.4, 0.5) is 0 Å². The summed E-state index contributed by atoms with van der Waals surface area (Å²) in [5, 5.41) is 11.4. The predicted octanol–water partition coefficient (Wildman–Crippen LogP) is 2.00. The van der Waals surface area contributed by atoms with Crippen molar-refractivity contribution in [1.82, 2.24) is 9.88 Å². The van der Waals surface area contributed by atoms with E-state index < -0.39 is 21.5 Å². The third-order valence-electron chi connectivity index (χ3n) is 4.59. The number of aromatic nitrogens is 1. The van der Waals surface area contributed by atoms with Crippen LogP contribution in [-0.2, 0) is 33.5 Å². The van der Waals surface area contributed by atoms with Gasteiger partial charge in [-0.3, -0.25) is 9.59 Å². The van der Waals surface area contributed by atoms with Crippen molar-refractivity contribution in [3.05, 3.63) is 106 Å². The molecule has 0 atom stereocenters. The molecule has 8 heteroatoms. The van der Waals surface area contributed by atoms with Gasteiger partial charge in [0.1, 0.15) is 5.75 Å². The van der Waals surface area contributed by atoms with E-state index in [4.69, 9.17) is 5.26 Å². The van der Waals surface area contributed by atoms with Gasteiger partial charge >= 0.3 is 0 Å². The molecule has 1 aromatic heterocycles. The number of carbonyl (C=O) groups excluding carboxylic acids is 1. The van der Waals surface area contributed by atoms with Gasteiger partial charge in [0, 0.05) is 18.8 Å². The van der Waals surface area contributed by atoms with E-state index in [0.717, 1.165) is 11.1 Å². The fourth-order valence-electron chi connectivity index (χ4n) is 2.98. The molecule has 2 aromatic carbocycles. The van der Waals surface area contributed by atoms with E-state index in [1.54, 1.807) is 47.2 Å². The van der Waals surface area contributed by atoms with Gasteiger partial charge in [-0.2, -0.15) is 5.26 Å². The Morgan fingerprint density at radius 1 is 0.935 bits per heavy atom. The fraction of sp³-hybridized carbons (Fsp3) is 0.174. The van der Waals surface area contributed by atoms with Crippen molar-refractivity contribution in [3.63, 3.8) is 0 Å². The van der Waals surface area contributed by atoms with Gasteiger partial charge in [-0.15, -0.1) is 0 Å². The lowest BCUT2D eigenvalue weighted by Crippen LogP contribution is -2.30. The minimum Gasteiger partial charge on any atom is -0.351 e. The molecule has 0 saturated heterocycles. The van der Waals surface area contributed by atoms with Crippen LogP contribution in [0.25, 0.3) is 0 Å². The van der Waals surface area contributed by atoms with E-state index in [1.165, 1.54) is 6.07 Å². The summed E-state index contributed by atoms with van der Waals surface area (Å²) >= 11 is 0. The Kier molecular flexibility index (Phi) is 7.00. The maximum atomic E-state index is 12.3. The van der Waals surface area contributed by atoms with Crippen LogP contribution in [0.5, 0.6) is 0 Å². The second kappa shape index (κ2) is 9.87. The lowest BCUT2D eigenvalue weighted by molar-refractivity contribution is -0.118. The second-order valence-corrected chi connectivity index (χ2v) is 9.17. The van der Waals surface area contributed by atoms with E-state index >= 15 is 0 Å². The van der Waals surface area contributed by atoms with E-state index in [0.29, 0.717) is 17.7 Å². The van der Waals surface area contributed by atoms with E-state index in [-0.39, 0.29) is 17.9 Å². The predicted molar refractivity (Wildman–Crippen MR) is 117 cm³/mol. The third-order valence-corrected chi connectivity index (χ3v) is 6.06. The largest absolute Gasteiger partial charge is 0.351 e. The summed E-state index contributed by atoms with van der Waals surface area (Å²) in [4.78, 5) is 23.9. The zero-order chi connectivity index (χ0) is 22.3.